The lowest BCUT2D eigenvalue weighted by atomic mass is 10.1. The first-order chi connectivity index (χ1) is 25.0. The second kappa shape index (κ2) is 52.5. The van der Waals surface area contributed by atoms with Crippen LogP contribution in [0.15, 0.2) is 48.6 Å². The van der Waals surface area contributed by atoms with Crippen molar-refractivity contribution < 1.29 is 23.9 Å². The van der Waals surface area contributed by atoms with Crippen LogP contribution in [0.25, 0.3) is 0 Å². The highest BCUT2D eigenvalue weighted by molar-refractivity contribution is 9.09. The summed E-state index contributed by atoms with van der Waals surface area (Å²) >= 11 is 2.88. The van der Waals surface area contributed by atoms with E-state index in [1.54, 1.807) is 7.11 Å². The Morgan fingerprint density at radius 1 is 0.549 bits per heavy atom. The molecule has 0 unspecified atom stereocenters. The molecule has 0 aromatic rings. The summed E-state index contributed by atoms with van der Waals surface area (Å²) in [4.78, 5) is 33.0. The Morgan fingerprint density at radius 2 is 0.941 bits per heavy atom. The number of alkyl halides is 1. The zero-order valence-electron chi connectivity index (χ0n) is 33.6. The van der Waals surface area contributed by atoms with Gasteiger partial charge in [-0.1, -0.05) is 143 Å². The van der Waals surface area contributed by atoms with Crippen molar-refractivity contribution in [2.75, 3.05) is 45.8 Å². The van der Waals surface area contributed by atoms with Crippen molar-refractivity contribution in [3.05, 3.63) is 48.6 Å². The lowest BCUT2D eigenvalue weighted by Crippen LogP contribution is -2.27. The molecule has 0 heterocycles. The topological polar surface area (TPSA) is 72.9 Å². The minimum absolute atomic E-state index is 0.0641. The fourth-order valence-corrected chi connectivity index (χ4v) is 4.87. The molecule has 0 amide bonds. The van der Waals surface area contributed by atoms with Gasteiger partial charge in [-0.3, -0.25) is 4.79 Å². The van der Waals surface area contributed by atoms with Crippen LogP contribution in [0.5, 0.6) is 0 Å². The van der Waals surface area contributed by atoms with Gasteiger partial charge in [0, 0.05) is 33.0 Å². The summed E-state index contributed by atoms with van der Waals surface area (Å²) in [5.74, 6) is -0.0641. The van der Waals surface area contributed by atoms with Crippen molar-refractivity contribution >= 4 is 34.5 Å². The average molecular weight is 783 g/mol. The van der Waals surface area contributed by atoms with Gasteiger partial charge in [0.2, 0.25) is 0 Å². The van der Waals surface area contributed by atoms with Gasteiger partial charge in [-0.15, -0.1) is 0 Å². The first-order valence-electron chi connectivity index (χ1n) is 20.4. The number of nitrogens with zero attached hydrogens (tertiary/aromatic N) is 1. The van der Waals surface area contributed by atoms with Gasteiger partial charge in [0.15, 0.2) is 0 Å². The number of carbonyl (C=O) groups excluding carboxylic acids is 3. The molecule has 0 saturated carbocycles. The molecule has 0 fully saturated rings. The summed E-state index contributed by atoms with van der Waals surface area (Å²) in [6.07, 6.45) is 48.3. The van der Waals surface area contributed by atoms with Crippen LogP contribution >= 0.6 is 15.9 Å². The SMILES string of the molecule is CCCCC/C=C\C/C=C\CCCCCCCC(=O)OCCN(C)CCOC.CCCCC/C=C\C/C=C\CCCCCCCC=O.O=CCBr. The maximum atomic E-state index is 11.7. The molecule has 0 radical (unpaired) electrons. The summed E-state index contributed by atoms with van der Waals surface area (Å²) in [5.41, 5.74) is 0. The van der Waals surface area contributed by atoms with Crippen molar-refractivity contribution in [2.45, 2.75) is 168 Å². The highest BCUT2D eigenvalue weighted by atomic mass is 79.9. The van der Waals surface area contributed by atoms with Crippen LogP contribution in [0.2, 0.25) is 0 Å². The van der Waals surface area contributed by atoms with Crippen molar-refractivity contribution in [1.82, 2.24) is 4.90 Å². The van der Waals surface area contributed by atoms with E-state index in [0.29, 0.717) is 25.0 Å². The second-order valence-electron chi connectivity index (χ2n) is 13.0. The van der Waals surface area contributed by atoms with Gasteiger partial charge in [0.1, 0.15) is 19.2 Å². The number of likely N-dealkylation sites (N-methyl/N-ethyl adjacent to an activating group) is 1. The molecule has 0 N–H and O–H groups in total. The molecular formula is C44H80BrNO5. The lowest BCUT2D eigenvalue weighted by Gasteiger charge is -2.15. The Balaban J connectivity index is -0.000000864. The van der Waals surface area contributed by atoms with Crippen molar-refractivity contribution in [2.24, 2.45) is 0 Å². The minimum atomic E-state index is -0.0641. The predicted octanol–water partition coefficient (Wildman–Crippen LogP) is 12.5. The summed E-state index contributed by atoms with van der Waals surface area (Å²) in [7, 11) is 3.70. The number of rotatable bonds is 35. The van der Waals surface area contributed by atoms with Crippen molar-refractivity contribution in [1.29, 1.82) is 0 Å². The molecule has 7 heteroatoms. The van der Waals surface area contributed by atoms with E-state index in [4.69, 9.17) is 14.3 Å². The number of hydrogen-bond acceptors (Lipinski definition) is 6. The van der Waals surface area contributed by atoms with Crippen LogP contribution in [-0.4, -0.2) is 69.2 Å². The zero-order chi connectivity index (χ0) is 38.1. The summed E-state index contributed by atoms with van der Waals surface area (Å²) in [6.45, 7) is 7.29. The van der Waals surface area contributed by atoms with Gasteiger partial charge in [0.25, 0.3) is 0 Å². The summed E-state index contributed by atoms with van der Waals surface area (Å²) < 4.78 is 10.3. The van der Waals surface area contributed by atoms with Gasteiger partial charge in [-0.25, -0.2) is 0 Å². The molecule has 0 aliphatic heterocycles. The molecule has 298 valence electrons. The number of hydrogen-bond donors (Lipinski definition) is 0. The molecule has 0 aliphatic carbocycles. The van der Waals surface area contributed by atoms with Gasteiger partial charge < -0.3 is 24.0 Å². The molecule has 0 aliphatic rings. The number of esters is 1. The zero-order valence-corrected chi connectivity index (χ0v) is 35.2. The number of carbonyl (C=O) groups is 3. The Bertz CT molecular complexity index is 811. The van der Waals surface area contributed by atoms with Crippen LogP contribution in [-0.2, 0) is 23.9 Å². The first-order valence-corrected chi connectivity index (χ1v) is 21.5. The predicted molar refractivity (Wildman–Crippen MR) is 225 cm³/mol. The molecule has 51 heavy (non-hydrogen) atoms. The molecule has 0 atom stereocenters. The number of ether oxygens (including phenoxy) is 2. The standard InChI is InChI=1S/C24H45NO3.C18H32O.C2H3BrO/c1-4-5-6-7-8-9-10-11-12-13-14-15-16-17-18-19-24(26)28-23-21-25(2)20-22-27-3;1-2-3-4-5-6-7-8-9-10-11-12-13-14-15-16-17-18-19;3-1-2-4/h8-9,11-12H,4-7,10,13-23H2,1-3H3;6-7,9-10,18H,2-5,8,11-17H2,1H3;2H,1H2/b9-8-,12-11-;7-6-,10-9-;. The van der Waals surface area contributed by atoms with Gasteiger partial charge >= 0.3 is 5.97 Å². The maximum absolute atomic E-state index is 11.7. The molecule has 0 aromatic carbocycles. The van der Waals surface area contributed by atoms with E-state index in [1.807, 2.05) is 7.05 Å². The van der Waals surface area contributed by atoms with E-state index in [0.717, 1.165) is 64.2 Å². The molecular weight excluding hydrogens is 702 g/mol. The quantitative estimate of drug-likeness (QED) is 0.0210. The van der Waals surface area contributed by atoms with Crippen LogP contribution < -0.4 is 0 Å². The van der Waals surface area contributed by atoms with E-state index in [9.17, 15) is 9.59 Å². The van der Waals surface area contributed by atoms with Gasteiger partial charge in [0.05, 0.1) is 11.9 Å². The fraction of sp³-hybridized carbons (Fsp3) is 0.750. The summed E-state index contributed by atoms with van der Waals surface area (Å²) in [5, 5.41) is 0.451. The van der Waals surface area contributed by atoms with Crippen LogP contribution in [0, 0.1) is 0 Å². The van der Waals surface area contributed by atoms with E-state index in [2.05, 4.69) is 83.3 Å². The number of allylic oxidation sites excluding steroid dienone is 8. The summed E-state index contributed by atoms with van der Waals surface area (Å²) in [6, 6.07) is 0. The van der Waals surface area contributed by atoms with E-state index >= 15 is 0 Å². The van der Waals surface area contributed by atoms with Gasteiger partial charge in [-0.05, 0) is 84.1 Å². The number of unbranched alkanes of at least 4 members (excludes halogenated alkanes) is 17. The Hall–Kier alpha value is -1.83. The second-order valence-corrected chi connectivity index (χ2v) is 13.7. The van der Waals surface area contributed by atoms with Crippen LogP contribution in [0.1, 0.15) is 168 Å². The largest absolute Gasteiger partial charge is 0.464 e. The first kappa shape index (κ1) is 53.5. The normalized spacial score (nSPS) is 11.3. The maximum Gasteiger partial charge on any atom is 0.305 e. The van der Waals surface area contributed by atoms with Gasteiger partial charge in [-0.2, -0.15) is 0 Å². The smallest absolute Gasteiger partial charge is 0.305 e. The Kier molecular flexibility index (Phi) is 55.1. The van der Waals surface area contributed by atoms with Crippen molar-refractivity contribution in [3.8, 4) is 0 Å². The Morgan fingerprint density at radius 3 is 1.35 bits per heavy atom. The third-order valence-electron chi connectivity index (χ3n) is 8.08. The monoisotopic (exact) mass is 782 g/mol. The Labute approximate surface area is 324 Å². The molecule has 0 rings (SSSR count). The molecule has 0 aromatic heterocycles. The number of halogens is 1. The van der Waals surface area contributed by atoms with E-state index in [-0.39, 0.29) is 5.97 Å². The lowest BCUT2D eigenvalue weighted by molar-refractivity contribution is -0.144. The van der Waals surface area contributed by atoms with E-state index < -0.39 is 0 Å². The molecule has 0 bridgehead atoms. The number of aldehydes is 2. The third-order valence-corrected chi connectivity index (χ3v) is 8.34. The molecule has 6 nitrogen and oxygen atoms in total. The van der Waals surface area contributed by atoms with Crippen LogP contribution in [0.4, 0.5) is 0 Å². The highest BCUT2D eigenvalue weighted by Crippen LogP contribution is 2.09. The molecule has 0 saturated heterocycles. The van der Waals surface area contributed by atoms with Crippen molar-refractivity contribution in [3.63, 3.8) is 0 Å². The fourth-order valence-electron chi connectivity index (χ4n) is 4.87. The number of methoxy groups -OCH3 is 1. The highest BCUT2D eigenvalue weighted by Gasteiger charge is 2.04. The minimum Gasteiger partial charge on any atom is -0.464 e. The molecule has 0 spiro atoms. The average Bonchev–Trinajstić information content (AvgIpc) is 3.14. The van der Waals surface area contributed by atoms with E-state index in [1.165, 1.54) is 109 Å². The van der Waals surface area contributed by atoms with Crippen LogP contribution in [0.3, 0.4) is 0 Å². The third kappa shape index (κ3) is 57.7.